The van der Waals surface area contributed by atoms with Crippen LogP contribution in [0.5, 0.6) is 0 Å². The topological polar surface area (TPSA) is 70.2 Å². The van der Waals surface area contributed by atoms with Gasteiger partial charge < -0.3 is 16.0 Å². The van der Waals surface area contributed by atoms with Crippen molar-refractivity contribution in [2.45, 2.75) is 44.4 Å². The van der Waals surface area contributed by atoms with Crippen LogP contribution >= 0.6 is 15.9 Å². The van der Waals surface area contributed by atoms with Crippen molar-refractivity contribution in [3.8, 4) is 0 Å². The summed E-state index contributed by atoms with van der Waals surface area (Å²) in [4.78, 5) is 23.4. The van der Waals surface area contributed by atoms with Gasteiger partial charge in [-0.1, -0.05) is 41.4 Å². The third-order valence-corrected chi connectivity index (χ3v) is 5.09. The van der Waals surface area contributed by atoms with E-state index in [0.29, 0.717) is 26.1 Å². The summed E-state index contributed by atoms with van der Waals surface area (Å²) in [5.74, 6) is -0.0255. The second-order valence-corrected chi connectivity index (χ2v) is 7.27. The van der Waals surface area contributed by atoms with Gasteiger partial charge in [-0.3, -0.25) is 4.79 Å². The Morgan fingerprint density at radius 2 is 1.79 bits per heavy atom. The summed E-state index contributed by atoms with van der Waals surface area (Å²) >= 11 is 3.46. The predicted octanol–water partition coefficient (Wildman–Crippen LogP) is 3.09. The number of hydrogen-bond acceptors (Lipinski definition) is 2. The van der Waals surface area contributed by atoms with Crippen LogP contribution in [-0.2, 0) is 10.2 Å². The number of benzene rings is 1. The zero-order valence-corrected chi connectivity index (χ0v) is 15.7. The third kappa shape index (κ3) is 5.23. The van der Waals surface area contributed by atoms with E-state index in [1.54, 1.807) is 0 Å². The van der Waals surface area contributed by atoms with Crippen molar-refractivity contribution >= 4 is 27.9 Å². The first kappa shape index (κ1) is 18.8. The molecular weight excluding hydrogens is 370 g/mol. The van der Waals surface area contributed by atoms with Gasteiger partial charge in [0.15, 0.2) is 0 Å². The summed E-state index contributed by atoms with van der Waals surface area (Å²) in [7, 11) is 0. The number of nitrogens with one attached hydrogen (secondary N) is 3. The fourth-order valence-corrected chi connectivity index (χ4v) is 3.19. The van der Waals surface area contributed by atoms with Gasteiger partial charge in [-0.15, -0.1) is 0 Å². The molecule has 0 saturated heterocycles. The lowest BCUT2D eigenvalue weighted by Gasteiger charge is -2.42. The lowest BCUT2D eigenvalue weighted by atomic mass is 9.64. The van der Waals surface area contributed by atoms with E-state index in [0.717, 1.165) is 23.7 Å². The van der Waals surface area contributed by atoms with Gasteiger partial charge in [0.1, 0.15) is 0 Å². The summed E-state index contributed by atoms with van der Waals surface area (Å²) in [6, 6.07) is 8.14. The lowest BCUT2D eigenvalue weighted by molar-refractivity contribution is -0.120. The van der Waals surface area contributed by atoms with Gasteiger partial charge in [-0.25, -0.2) is 4.79 Å². The first-order valence-electron chi connectivity index (χ1n) is 8.60. The largest absolute Gasteiger partial charge is 0.356 e. The van der Waals surface area contributed by atoms with Crippen LogP contribution in [0.15, 0.2) is 28.7 Å². The molecule has 0 aromatic heterocycles. The Labute approximate surface area is 152 Å². The Kier molecular flexibility index (Phi) is 7.09. The van der Waals surface area contributed by atoms with E-state index < -0.39 is 0 Å². The molecule has 1 aliphatic carbocycles. The quantitative estimate of drug-likeness (QED) is 0.632. The van der Waals surface area contributed by atoms with Gasteiger partial charge in [0.05, 0.1) is 0 Å². The molecule has 1 aromatic carbocycles. The van der Waals surface area contributed by atoms with Crippen LogP contribution in [0.3, 0.4) is 0 Å². The molecule has 24 heavy (non-hydrogen) atoms. The molecule has 1 aliphatic rings. The zero-order chi connectivity index (χ0) is 17.4. The first-order chi connectivity index (χ1) is 11.6. The smallest absolute Gasteiger partial charge is 0.314 e. The SMILES string of the molecule is CCCNC(=O)CCNC(=O)NCC1(c2ccc(Br)cc2)CCC1. The molecule has 1 saturated carbocycles. The normalized spacial score (nSPS) is 15.2. The van der Waals surface area contributed by atoms with Crippen LogP contribution in [0.1, 0.15) is 44.6 Å². The van der Waals surface area contributed by atoms with E-state index in [1.165, 1.54) is 12.0 Å². The van der Waals surface area contributed by atoms with Crippen LogP contribution in [0.25, 0.3) is 0 Å². The molecule has 0 aliphatic heterocycles. The Bertz CT molecular complexity index is 556. The van der Waals surface area contributed by atoms with Crippen molar-refractivity contribution in [3.63, 3.8) is 0 Å². The third-order valence-electron chi connectivity index (χ3n) is 4.56. The second kappa shape index (κ2) is 9.06. The summed E-state index contributed by atoms with van der Waals surface area (Å²) in [6.07, 6.45) is 4.60. The summed E-state index contributed by atoms with van der Waals surface area (Å²) in [5.41, 5.74) is 1.33. The van der Waals surface area contributed by atoms with Gasteiger partial charge >= 0.3 is 6.03 Å². The highest BCUT2D eigenvalue weighted by Gasteiger charge is 2.38. The number of carbonyl (C=O) groups is 2. The van der Waals surface area contributed by atoms with Crippen molar-refractivity contribution in [2.24, 2.45) is 0 Å². The molecule has 6 heteroatoms. The molecule has 1 aromatic rings. The van der Waals surface area contributed by atoms with Gasteiger partial charge in [-0.2, -0.15) is 0 Å². The van der Waals surface area contributed by atoms with E-state index >= 15 is 0 Å². The molecule has 132 valence electrons. The van der Waals surface area contributed by atoms with Crippen molar-refractivity contribution in [1.29, 1.82) is 0 Å². The van der Waals surface area contributed by atoms with Crippen molar-refractivity contribution < 1.29 is 9.59 Å². The Hall–Kier alpha value is -1.56. The number of carbonyl (C=O) groups excluding carboxylic acids is 2. The highest BCUT2D eigenvalue weighted by molar-refractivity contribution is 9.10. The maximum absolute atomic E-state index is 11.9. The minimum Gasteiger partial charge on any atom is -0.356 e. The zero-order valence-electron chi connectivity index (χ0n) is 14.2. The Morgan fingerprint density at radius 3 is 2.38 bits per heavy atom. The number of hydrogen-bond donors (Lipinski definition) is 3. The van der Waals surface area contributed by atoms with E-state index in [-0.39, 0.29) is 17.4 Å². The monoisotopic (exact) mass is 395 g/mol. The highest BCUT2D eigenvalue weighted by Crippen LogP contribution is 2.43. The summed E-state index contributed by atoms with van der Waals surface area (Å²) < 4.78 is 1.06. The van der Waals surface area contributed by atoms with Crippen LogP contribution in [0.4, 0.5) is 4.79 Å². The molecule has 0 radical (unpaired) electrons. The van der Waals surface area contributed by atoms with E-state index in [2.05, 4.69) is 44.0 Å². The van der Waals surface area contributed by atoms with Gasteiger partial charge in [-0.05, 0) is 37.0 Å². The highest BCUT2D eigenvalue weighted by atomic mass is 79.9. The number of halogens is 1. The van der Waals surface area contributed by atoms with Crippen molar-refractivity contribution in [3.05, 3.63) is 34.3 Å². The predicted molar refractivity (Wildman–Crippen MR) is 99.0 cm³/mol. The molecule has 1 fully saturated rings. The van der Waals surface area contributed by atoms with Crippen LogP contribution in [-0.4, -0.2) is 31.6 Å². The fourth-order valence-electron chi connectivity index (χ4n) is 2.93. The molecule has 3 amide bonds. The maximum atomic E-state index is 11.9. The van der Waals surface area contributed by atoms with Crippen molar-refractivity contribution in [1.82, 2.24) is 16.0 Å². The molecule has 2 rings (SSSR count). The number of rotatable bonds is 8. The minimum absolute atomic E-state index is 0.0255. The molecule has 0 heterocycles. The Balaban J connectivity index is 1.74. The van der Waals surface area contributed by atoms with E-state index in [9.17, 15) is 9.59 Å². The average Bonchev–Trinajstić information content (AvgIpc) is 2.53. The first-order valence-corrected chi connectivity index (χ1v) is 9.39. The number of amides is 3. The standard InChI is InChI=1S/C18H26BrN3O2/c1-2-11-20-16(23)8-12-21-17(24)22-13-18(9-3-10-18)14-4-6-15(19)7-5-14/h4-7H,2-3,8-13H2,1H3,(H,20,23)(H2,21,22,24). The number of urea groups is 1. The molecule has 0 unspecified atom stereocenters. The molecular formula is C18H26BrN3O2. The van der Waals surface area contributed by atoms with E-state index in [4.69, 9.17) is 0 Å². The lowest BCUT2D eigenvalue weighted by Crippen LogP contribution is -2.48. The molecule has 0 spiro atoms. The summed E-state index contributed by atoms with van der Waals surface area (Å²) in [5, 5.41) is 8.51. The molecule has 5 nitrogen and oxygen atoms in total. The molecule has 0 atom stereocenters. The van der Waals surface area contributed by atoms with Gasteiger partial charge in [0, 0.05) is 35.9 Å². The van der Waals surface area contributed by atoms with E-state index in [1.807, 2.05) is 19.1 Å². The average molecular weight is 396 g/mol. The van der Waals surface area contributed by atoms with Gasteiger partial charge in [0.25, 0.3) is 0 Å². The van der Waals surface area contributed by atoms with Crippen LogP contribution in [0.2, 0.25) is 0 Å². The second-order valence-electron chi connectivity index (χ2n) is 6.35. The minimum atomic E-state index is -0.207. The van der Waals surface area contributed by atoms with Crippen LogP contribution in [0, 0.1) is 0 Å². The molecule has 3 N–H and O–H groups in total. The maximum Gasteiger partial charge on any atom is 0.314 e. The van der Waals surface area contributed by atoms with Crippen molar-refractivity contribution in [2.75, 3.05) is 19.6 Å². The van der Waals surface area contributed by atoms with Gasteiger partial charge in [0.2, 0.25) is 5.91 Å². The molecule has 0 bridgehead atoms. The fraction of sp³-hybridized carbons (Fsp3) is 0.556. The van der Waals surface area contributed by atoms with Crippen LogP contribution < -0.4 is 16.0 Å². The Morgan fingerprint density at radius 1 is 1.08 bits per heavy atom. The summed E-state index contributed by atoms with van der Waals surface area (Å²) in [6.45, 7) is 3.67.